The third-order valence-corrected chi connectivity index (χ3v) is 26.3. The number of amides is 5. The predicted molar refractivity (Wildman–Crippen MR) is 592 cm³/mol. The van der Waals surface area contributed by atoms with Crippen molar-refractivity contribution in [2.75, 3.05) is 180 Å². The van der Waals surface area contributed by atoms with E-state index in [1.807, 2.05) is 133 Å². The van der Waals surface area contributed by atoms with Crippen LogP contribution in [-0.4, -0.2) is 184 Å². The van der Waals surface area contributed by atoms with E-state index in [2.05, 4.69) is 169 Å². The molecule has 0 unspecified atom stereocenters. The fraction of sp³-hybridized carbons (Fsp3) is 0.258. The first-order valence-corrected chi connectivity index (χ1v) is 49.7. The maximum absolute atomic E-state index is 13.8. The lowest BCUT2D eigenvalue weighted by Gasteiger charge is -2.30. The number of allylic oxidation sites excluding steroid dienone is 1. The molecule has 0 bridgehead atoms. The van der Waals surface area contributed by atoms with E-state index in [4.69, 9.17) is 42.9 Å². The average Bonchev–Trinajstić information content (AvgIpc) is 1.63. The van der Waals surface area contributed by atoms with E-state index in [0.717, 1.165) is 229 Å². The van der Waals surface area contributed by atoms with E-state index >= 15 is 0 Å². The first-order chi connectivity index (χ1) is 70.3. The van der Waals surface area contributed by atoms with Gasteiger partial charge in [-0.1, -0.05) is 214 Å². The number of carbonyl (C=O) groups excluding carboxylic acids is 5. The molecule has 16 N–H and O–H groups in total. The van der Waals surface area contributed by atoms with Crippen LogP contribution in [0.25, 0.3) is 38.8 Å². The number of aromatic amines is 1. The highest BCUT2D eigenvalue weighted by Gasteiger charge is 2.25. The Morgan fingerprint density at radius 3 is 1.12 bits per heavy atom. The number of fused-ring (bicyclic) bond motifs is 4. The molecule has 1 aromatic heterocycles. The number of nitrogens with two attached hydrogens (primary N) is 5. The second kappa shape index (κ2) is 53.3. The summed E-state index contributed by atoms with van der Waals surface area (Å²) in [4.78, 5) is 77.0. The fourth-order valence-electron chi connectivity index (χ4n) is 17.9. The van der Waals surface area contributed by atoms with Crippen LogP contribution in [0.5, 0.6) is 0 Å². The van der Waals surface area contributed by atoms with Gasteiger partial charge in [-0.15, -0.1) is 0 Å². The fourth-order valence-corrected chi connectivity index (χ4v) is 17.9. The Balaban J connectivity index is 0.000000144. The molecule has 25 heteroatoms. The van der Waals surface area contributed by atoms with Gasteiger partial charge in [0.25, 0.3) is 11.8 Å². The molecule has 5 aliphatic rings. The molecule has 0 saturated carbocycles. The quantitative estimate of drug-likeness (QED) is 0.0180. The number of carbonyl (C=O) groups is 5. The Kier molecular flexibility index (Phi) is 38.8. The second-order valence-electron chi connectivity index (χ2n) is 37.3. The number of benzene rings is 12. The van der Waals surface area contributed by atoms with Crippen LogP contribution in [0.1, 0.15) is 121 Å². The van der Waals surface area contributed by atoms with Gasteiger partial charge in [-0.05, 0) is 232 Å². The number of ether oxygens (including phenoxy) is 3. The number of halogens is 1. The zero-order valence-corrected chi connectivity index (χ0v) is 83.2. The number of rotatable bonds is 31. The van der Waals surface area contributed by atoms with Gasteiger partial charge >= 0.3 is 0 Å². The number of para-hydroxylation sites is 10. The molecule has 5 aliphatic heterocycles. The van der Waals surface area contributed by atoms with Gasteiger partial charge in [-0.3, -0.25) is 48.5 Å². The van der Waals surface area contributed by atoms with Crippen molar-refractivity contribution >= 4 is 125 Å². The zero-order chi connectivity index (χ0) is 102. The predicted octanol–water partition coefficient (Wildman–Crippen LogP) is 20.1. The topological polar surface area (TPSA) is 335 Å². The highest BCUT2D eigenvalue weighted by Crippen LogP contribution is 2.33. The number of hydrogen-bond donors (Lipinski definition) is 11. The third kappa shape index (κ3) is 31.9. The van der Waals surface area contributed by atoms with Crippen LogP contribution in [-0.2, 0) is 73.8 Å². The number of aryl methyl sites for hydroxylation is 2. The van der Waals surface area contributed by atoms with Crippen LogP contribution >= 0.6 is 0 Å². The van der Waals surface area contributed by atoms with Crippen molar-refractivity contribution in [3.05, 3.63) is 401 Å². The average molecular weight is 1950 g/mol. The molecule has 13 aromatic rings. The van der Waals surface area contributed by atoms with Crippen molar-refractivity contribution in [1.29, 1.82) is 0 Å². The molecular weight excluding hydrogens is 1810 g/mol. The summed E-state index contributed by atoms with van der Waals surface area (Å²) in [6.45, 7) is 39.6. The van der Waals surface area contributed by atoms with Crippen molar-refractivity contribution in [3.63, 3.8) is 0 Å². The molecule has 145 heavy (non-hydrogen) atoms. The van der Waals surface area contributed by atoms with E-state index in [-0.39, 0.29) is 35.4 Å². The Hall–Kier alpha value is -15.2. The second-order valence-corrected chi connectivity index (χ2v) is 37.3. The van der Waals surface area contributed by atoms with Gasteiger partial charge in [0, 0.05) is 145 Å². The van der Waals surface area contributed by atoms with Crippen molar-refractivity contribution in [1.82, 2.24) is 29.5 Å². The Labute approximate surface area is 851 Å². The lowest BCUT2D eigenvalue weighted by molar-refractivity contribution is -0.117. The molecule has 18 rings (SSSR count). The molecule has 0 spiro atoms. The third-order valence-electron chi connectivity index (χ3n) is 26.3. The standard InChI is InChI=1S/C27H25FN4O.C27H29N3O.C23H29N3O2.C22H27N3O2.C21H25N3O2/c1-17(15-32-13-12-25-22(16-32)21-14-20(28)10-11-24(21)30-25)18-6-8-19(9-7-18)27(33)31-26-5-3-2-4-23(26)29;1-19(2)24(18-30-16-15-20-7-3-4-8-23(20)17-30)21-11-13-22(14-12-21)27(31)29-26-10-6-5-9-25(26)28;1-18(17-26-13-15-28-16-14-26)20-11-9-19(10-12-20)5-4-8-23(27)25-22-7-3-2-6-21(22)24;1-17(16-25-12-14-27-15-13-25)19-9-6-18(7-10-19)8-11-22(26)24-21-5-3-2-4-20(21)23;1-16(15-24-10-12-26-13-11-24)18-8-6-17(7-9-18)14-21(25)23-20-5-3-2-4-19(20)22/h2-11,14,30H,1,12-13,15-16,29H2,(H,31,33);3-14H,15-18,28H2,1-2H3,(H,29,31);2-3,6-7,9-12H,1,4-5,8,13-17,24H2,(H,25,27);2-7,9-10H,1,8,11-16,23H2,(H,24,26);2-9H,1,10-15,22H2,(H,23,25). The Morgan fingerprint density at radius 1 is 0.345 bits per heavy atom. The summed E-state index contributed by atoms with van der Waals surface area (Å²) >= 11 is 0. The number of aromatic nitrogens is 1. The number of hydrogen-bond acceptors (Lipinski definition) is 18. The Bertz CT molecular complexity index is 6640. The molecule has 0 radical (unpaired) electrons. The number of nitrogen functional groups attached to an aromatic ring is 5. The maximum atomic E-state index is 13.8. The normalized spacial score (nSPS) is 14.1. The van der Waals surface area contributed by atoms with Gasteiger partial charge in [-0.25, -0.2) is 4.39 Å². The van der Waals surface area contributed by atoms with E-state index < -0.39 is 0 Å². The lowest BCUT2D eigenvalue weighted by atomic mass is 9.96. The lowest BCUT2D eigenvalue weighted by Crippen LogP contribution is -2.37. The molecule has 0 atom stereocenters. The zero-order valence-electron chi connectivity index (χ0n) is 83.2. The molecule has 5 amide bonds. The summed E-state index contributed by atoms with van der Waals surface area (Å²) in [5.41, 5.74) is 58.6. The van der Waals surface area contributed by atoms with Crippen LogP contribution in [0.3, 0.4) is 0 Å². The summed E-state index contributed by atoms with van der Waals surface area (Å²) in [6, 6.07) is 90.1. The highest BCUT2D eigenvalue weighted by atomic mass is 19.1. The molecule has 24 nitrogen and oxygen atoms in total. The van der Waals surface area contributed by atoms with Gasteiger partial charge in [-0.2, -0.15) is 0 Å². The molecule has 750 valence electrons. The summed E-state index contributed by atoms with van der Waals surface area (Å²) in [5, 5.41) is 15.3. The number of nitrogens with zero attached hydrogens (tertiary/aromatic N) is 5. The van der Waals surface area contributed by atoms with E-state index in [9.17, 15) is 28.4 Å². The van der Waals surface area contributed by atoms with Crippen molar-refractivity contribution < 1.29 is 42.6 Å². The number of morpholine rings is 3. The van der Waals surface area contributed by atoms with Crippen molar-refractivity contribution in [2.24, 2.45) is 0 Å². The van der Waals surface area contributed by atoms with Gasteiger partial charge in [0.15, 0.2) is 0 Å². The van der Waals surface area contributed by atoms with Crippen LogP contribution in [0.2, 0.25) is 0 Å². The molecule has 3 saturated heterocycles. The maximum Gasteiger partial charge on any atom is 0.255 e. The van der Waals surface area contributed by atoms with Crippen LogP contribution in [0, 0.1) is 5.82 Å². The molecule has 12 aromatic carbocycles. The van der Waals surface area contributed by atoms with E-state index in [1.54, 1.807) is 72.8 Å². The summed E-state index contributed by atoms with van der Waals surface area (Å²) < 4.78 is 29.9. The largest absolute Gasteiger partial charge is 0.397 e. The van der Waals surface area contributed by atoms with Gasteiger partial charge in [0.2, 0.25) is 17.7 Å². The Morgan fingerprint density at radius 2 is 0.690 bits per heavy atom. The number of anilines is 10. The minimum atomic E-state index is -0.218. The summed E-state index contributed by atoms with van der Waals surface area (Å²) in [6.07, 6.45) is 5.54. The number of nitrogens with one attached hydrogen (secondary N) is 6. The highest BCUT2D eigenvalue weighted by molar-refractivity contribution is 6.07. The SMILES string of the molecule is C=C(CN1CCOCC1)c1ccc(CC(=O)Nc2ccccc2N)cc1.C=C(CN1CCOCC1)c1ccc(CCC(=O)Nc2ccccc2N)cc1.C=C(CN1CCOCC1)c1ccc(CCCC(=O)Nc2ccccc2N)cc1.C=C(CN1CCc2[nH]c3ccc(F)cc3c2C1)c1ccc(C(=O)Nc2ccccc2N)cc1.CC(C)=C(CN1CCc2ccccc2C1)c1ccc(C(=O)Nc2ccccc2N)cc1. The van der Waals surface area contributed by atoms with E-state index in [0.29, 0.717) is 100 Å². The van der Waals surface area contributed by atoms with Crippen molar-refractivity contribution in [3.8, 4) is 0 Å². The van der Waals surface area contributed by atoms with Crippen LogP contribution in [0.15, 0.2) is 317 Å². The van der Waals surface area contributed by atoms with Crippen molar-refractivity contribution in [2.45, 2.75) is 78.3 Å². The summed E-state index contributed by atoms with van der Waals surface area (Å²) in [7, 11) is 0. The van der Waals surface area contributed by atoms with Crippen LogP contribution in [0.4, 0.5) is 61.3 Å². The molecule has 0 aliphatic carbocycles. The van der Waals surface area contributed by atoms with Gasteiger partial charge in [0.1, 0.15) is 5.82 Å². The molecular formula is C120H135FN16O8. The van der Waals surface area contributed by atoms with Gasteiger partial charge in [0.05, 0.1) is 103 Å². The summed E-state index contributed by atoms with van der Waals surface area (Å²) in [5.74, 6) is -0.703. The minimum absolute atomic E-state index is 0.00610. The first-order valence-electron chi connectivity index (χ1n) is 49.7. The molecule has 6 heterocycles. The minimum Gasteiger partial charge on any atom is -0.397 e. The van der Waals surface area contributed by atoms with Gasteiger partial charge < -0.3 is 74.4 Å². The smallest absolute Gasteiger partial charge is 0.255 e. The molecule has 3 fully saturated rings. The van der Waals surface area contributed by atoms with Crippen LogP contribution < -0.4 is 55.3 Å². The monoisotopic (exact) mass is 1950 g/mol. The first kappa shape index (κ1) is 106. The van der Waals surface area contributed by atoms with E-state index in [1.165, 1.54) is 45.2 Å². The number of H-pyrrole nitrogens is 1.